The molecule has 1 aliphatic heterocycles. The molecule has 0 radical (unpaired) electrons. The lowest BCUT2D eigenvalue weighted by Gasteiger charge is -2.35. The highest BCUT2D eigenvalue weighted by atomic mass is 35.5. The molecule has 1 aromatic heterocycles. The number of hydrogen-bond acceptors (Lipinski definition) is 4. The number of hydrazine groups is 1. The fourth-order valence-corrected chi connectivity index (χ4v) is 4.70. The summed E-state index contributed by atoms with van der Waals surface area (Å²) in [4.78, 5) is 33.9. The van der Waals surface area contributed by atoms with E-state index in [-0.39, 0.29) is 11.8 Å². The molecule has 196 valence electrons. The lowest BCUT2D eigenvalue weighted by molar-refractivity contribution is -0.134. The van der Waals surface area contributed by atoms with Gasteiger partial charge in [-0.3, -0.25) is 0 Å². The van der Waals surface area contributed by atoms with Gasteiger partial charge < -0.3 is 19.7 Å². The maximum atomic E-state index is 13.5. The van der Waals surface area contributed by atoms with Gasteiger partial charge in [-0.2, -0.15) is 0 Å². The molecule has 3 aromatic rings. The fourth-order valence-electron chi connectivity index (χ4n) is 4.53. The van der Waals surface area contributed by atoms with Crippen LogP contribution in [0.25, 0.3) is 16.6 Å². The third-order valence-electron chi connectivity index (χ3n) is 6.27. The zero-order chi connectivity index (χ0) is 27.3. The van der Waals surface area contributed by atoms with Crippen molar-refractivity contribution in [3.05, 3.63) is 77.2 Å². The smallest absolute Gasteiger partial charge is 0.335 e. The van der Waals surface area contributed by atoms with Crippen molar-refractivity contribution in [2.24, 2.45) is 0 Å². The van der Waals surface area contributed by atoms with E-state index in [1.54, 1.807) is 24.2 Å². The van der Waals surface area contributed by atoms with E-state index in [0.29, 0.717) is 30.3 Å². The van der Waals surface area contributed by atoms with Gasteiger partial charge in [-0.1, -0.05) is 18.5 Å². The Morgan fingerprint density at radius 3 is 2.24 bits per heavy atom. The van der Waals surface area contributed by atoms with E-state index < -0.39 is 17.5 Å². The van der Waals surface area contributed by atoms with Crippen molar-refractivity contribution in [3.63, 3.8) is 0 Å². The number of carbonyl (C=O) groups excluding carboxylic acids is 1. The molecule has 0 bridgehead atoms. The van der Waals surface area contributed by atoms with Crippen molar-refractivity contribution < 1.29 is 29.0 Å². The molecule has 1 saturated heterocycles. The predicted octanol–water partition coefficient (Wildman–Crippen LogP) is 4.63. The van der Waals surface area contributed by atoms with Gasteiger partial charge in [-0.15, -0.1) is 0 Å². The van der Waals surface area contributed by atoms with Crippen molar-refractivity contribution in [3.8, 4) is 5.69 Å². The van der Waals surface area contributed by atoms with Crippen LogP contribution in [0.5, 0.6) is 0 Å². The average Bonchev–Trinajstić information content (AvgIpc) is 3.38. The van der Waals surface area contributed by atoms with Crippen molar-refractivity contribution in [2.45, 2.75) is 25.8 Å². The van der Waals surface area contributed by atoms with Crippen molar-refractivity contribution in [1.82, 2.24) is 19.9 Å². The normalized spacial score (nSPS) is 17.4. The zero-order valence-electron chi connectivity index (χ0n) is 20.6. The summed E-state index contributed by atoms with van der Waals surface area (Å²) >= 11 is 6.35. The van der Waals surface area contributed by atoms with Crippen LogP contribution in [-0.4, -0.2) is 62.8 Å². The molecule has 0 aliphatic carbocycles. The van der Waals surface area contributed by atoms with Crippen LogP contribution in [0, 0.1) is 5.82 Å². The summed E-state index contributed by atoms with van der Waals surface area (Å²) in [6, 6.07) is 12.1. The molecule has 9 nitrogen and oxygen atoms in total. The van der Waals surface area contributed by atoms with Crippen LogP contribution in [0.4, 0.5) is 9.18 Å². The number of nitrogens with zero attached hydrogens (tertiary/aromatic N) is 3. The third kappa shape index (κ3) is 5.60. The zero-order valence-corrected chi connectivity index (χ0v) is 21.4. The first-order chi connectivity index (χ1) is 17.6. The molecule has 1 aliphatic rings. The van der Waals surface area contributed by atoms with E-state index in [2.05, 4.69) is 18.5 Å². The molecule has 2 aromatic carbocycles. The van der Waals surface area contributed by atoms with Gasteiger partial charge in [0.05, 0.1) is 12.1 Å². The number of nitrogens with one attached hydrogen (secondary N) is 1. The first-order valence-electron chi connectivity index (χ1n) is 11.5. The molecule has 3 N–H and O–H groups in total. The van der Waals surface area contributed by atoms with Crippen LogP contribution in [0.2, 0.25) is 5.02 Å². The number of rotatable bonds is 7. The SMILES string of the molecule is CCN1CC(CC)(c2cn(-c3ccc(F)cc3)c3ccc(Cl)cc23)N(NC)C1=O.O=C(O)C=CC(=O)O. The van der Waals surface area contributed by atoms with Gasteiger partial charge in [0.2, 0.25) is 0 Å². The molecule has 2 amide bonds. The van der Waals surface area contributed by atoms with Gasteiger partial charge in [0.25, 0.3) is 0 Å². The summed E-state index contributed by atoms with van der Waals surface area (Å²) in [5.41, 5.74) is 5.38. The molecule has 1 unspecified atom stereocenters. The number of fused-ring (bicyclic) bond motifs is 1. The Kier molecular flexibility index (Phi) is 8.57. The molecule has 11 heteroatoms. The largest absolute Gasteiger partial charge is 0.478 e. The minimum Gasteiger partial charge on any atom is -0.478 e. The summed E-state index contributed by atoms with van der Waals surface area (Å²) in [6.45, 7) is 5.28. The Balaban J connectivity index is 0.000000414. The van der Waals surface area contributed by atoms with Gasteiger partial charge in [0.15, 0.2) is 0 Å². The molecule has 2 heterocycles. The van der Waals surface area contributed by atoms with Crippen molar-refractivity contribution in [1.29, 1.82) is 0 Å². The third-order valence-corrected chi connectivity index (χ3v) is 6.51. The quantitative estimate of drug-likeness (QED) is 0.384. The second-order valence-corrected chi connectivity index (χ2v) is 8.74. The monoisotopic (exact) mass is 530 g/mol. The topological polar surface area (TPSA) is 115 Å². The van der Waals surface area contributed by atoms with Crippen molar-refractivity contribution >= 4 is 40.5 Å². The van der Waals surface area contributed by atoms with Gasteiger partial charge in [-0.05, 0) is 55.8 Å². The predicted molar refractivity (Wildman–Crippen MR) is 138 cm³/mol. The van der Waals surface area contributed by atoms with Gasteiger partial charge in [0.1, 0.15) is 11.4 Å². The molecule has 37 heavy (non-hydrogen) atoms. The second kappa shape index (κ2) is 11.4. The number of likely N-dealkylation sites (N-methyl/N-ethyl adjacent to an activating group) is 1. The Bertz CT molecular complexity index is 1320. The van der Waals surface area contributed by atoms with Crippen LogP contribution in [0.3, 0.4) is 0 Å². The van der Waals surface area contributed by atoms with Crippen LogP contribution in [0.1, 0.15) is 25.8 Å². The molecular weight excluding hydrogens is 503 g/mol. The van der Waals surface area contributed by atoms with E-state index >= 15 is 0 Å². The molecule has 0 saturated carbocycles. The van der Waals surface area contributed by atoms with E-state index in [0.717, 1.165) is 28.6 Å². The lowest BCUT2D eigenvalue weighted by Crippen LogP contribution is -2.50. The highest BCUT2D eigenvalue weighted by molar-refractivity contribution is 6.31. The maximum absolute atomic E-state index is 13.5. The lowest BCUT2D eigenvalue weighted by atomic mass is 9.87. The van der Waals surface area contributed by atoms with E-state index in [1.807, 2.05) is 34.6 Å². The molecule has 4 rings (SSSR count). The maximum Gasteiger partial charge on any atom is 0.335 e. The van der Waals surface area contributed by atoms with E-state index in [1.165, 1.54) is 12.1 Å². The van der Waals surface area contributed by atoms with Crippen LogP contribution < -0.4 is 5.43 Å². The first-order valence-corrected chi connectivity index (χ1v) is 11.9. The first kappa shape index (κ1) is 27.7. The Labute approximate surface area is 218 Å². The second-order valence-electron chi connectivity index (χ2n) is 8.30. The van der Waals surface area contributed by atoms with E-state index in [9.17, 15) is 18.8 Å². The molecule has 0 spiro atoms. The molecular formula is C26H28ClFN4O5. The number of carboxylic acid groups (broad SMARTS) is 2. The number of hydrogen-bond donors (Lipinski definition) is 3. The Morgan fingerprint density at radius 2 is 1.73 bits per heavy atom. The number of halogens is 2. The Morgan fingerprint density at radius 1 is 1.11 bits per heavy atom. The number of aliphatic carboxylic acids is 2. The number of benzene rings is 2. The number of carbonyl (C=O) groups is 3. The van der Waals surface area contributed by atoms with Crippen molar-refractivity contribution in [2.75, 3.05) is 20.1 Å². The van der Waals surface area contributed by atoms with Crippen LogP contribution >= 0.6 is 11.6 Å². The number of carboxylic acids is 2. The van der Waals surface area contributed by atoms with Gasteiger partial charge in [-0.25, -0.2) is 29.2 Å². The summed E-state index contributed by atoms with van der Waals surface area (Å²) in [5, 5.41) is 19.0. The number of amides is 2. The highest BCUT2D eigenvalue weighted by Crippen LogP contribution is 2.43. The minimum absolute atomic E-state index is 0.0402. The summed E-state index contributed by atoms with van der Waals surface area (Å²) in [6.07, 6.45) is 3.89. The molecule has 1 fully saturated rings. The van der Waals surface area contributed by atoms with Crippen LogP contribution in [-0.2, 0) is 15.1 Å². The average molecular weight is 531 g/mol. The Hall–Kier alpha value is -3.89. The number of urea groups is 1. The highest BCUT2D eigenvalue weighted by Gasteiger charge is 2.50. The van der Waals surface area contributed by atoms with Crippen LogP contribution in [0.15, 0.2) is 60.8 Å². The van der Waals surface area contributed by atoms with Gasteiger partial charge in [0, 0.05) is 53.6 Å². The summed E-state index contributed by atoms with van der Waals surface area (Å²) < 4.78 is 15.5. The minimum atomic E-state index is -1.26. The number of aromatic nitrogens is 1. The van der Waals surface area contributed by atoms with Gasteiger partial charge >= 0.3 is 18.0 Å². The summed E-state index contributed by atoms with van der Waals surface area (Å²) in [7, 11) is 1.77. The standard InChI is InChI=1S/C22H24ClFN4O.C4H4O4/c1-4-22(14-26(5-2)21(29)28(22)25-3)19-13-27(17-9-7-16(24)8-10-17)20-11-6-15(23)12-18(19)20;5-3(6)1-2-4(7)8/h6-13,25H,4-5,14H2,1-3H3;1-2H,(H,5,6)(H,7,8). The summed E-state index contributed by atoms with van der Waals surface area (Å²) in [5.74, 6) is -2.79. The molecule has 1 atom stereocenters. The van der Waals surface area contributed by atoms with E-state index in [4.69, 9.17) is 21.8 Å². The fraction of sp³-hybridized carbons (Fsp3) is 0.269.